The molecule has 1 aromatic heterocycles. The summed E-state index contributed by atoms with van der Waals surface area (Å²) in [4.78, 5) is 0. The van der Waals surface area contributed by atoms with E-state index in [1.54, 1.807) is 20.4 Å². The topological polar surface area (TPSA) is 60.0 Å². The molecule has 2 aromatic rings. The molecule has 1 N–H and O–H groups in total. The molecule has 0 bridgehead atoms. The molecule has 1 aromatic carbocycles. The Labute approximate surface area is 87.0 Å². The first kappa shape index (κ1) is 9.51. The predicted molar refractivity (Wildman–Crippen MR) is 54.9 cm³/mol. The van der Waals surface area contributed by atoms with Gasteiger partial charge in [0.1, 0.15) is 5.69 Å². The lowest BCUT2D eigenvalue weighted by molar-refractivity contribution is 0.355. The van der Waals surface area contributed by atoms with Crippen LogP contribution in [0.1, 0.15) is 0 Å². The van der Waals surface area contributed by atoms with Crippen LogP contribution in [0.3, 0.4) is 0 Å². The van der Waals surface area contributed by atoms with Crippen molar-refractivity contribution in [2.75, 3.05) is 14.2 Å². The van der Waals surface area contributed by atoms with E-state index < -0.39 is 0 Å². The smallest absolute Gasteiger partial charge is 0.161 e. The number of H-pyrrole nitrogens is 1. The Morgan fingerprint density at radius 3 is 2.53 bits per heavy atom. The summed E-state index contributed by atoms with van der Waals surface area (Å²) in [5.74, 6) is 1.38. The molecular weight excluding hydrogens is 194 g/mol. The van der Waals surface area contributed by atoms with Crippen molar-refractivity contribution in [1.82, 2.24) is 15.4 Å². The number of hydrogen-bond donors (Lipinski definition) is 1. The zero-order valence-electron chi connectivity index (χ0n) is 8.52. The lowest BCUT2D eigenvalue weighted by atomic mass is 10.1. The molecule has 0 fully saturated rings. The van der Waals surface area contributed by atoms with Crippen molar-refractivity contribution in [2.24, 2.45) is 0 Å². The van der Waals surface area contributed by atoms with Gasteiger partial charge in [0, 0.05) is 5.56 Å². The first-order valence-corrected chi connectivity index (χ1v) is 4.43. The van der Waals surface area contributed by atoms with Crippen molar-refractivity contribution in [2.45, 2.75) is 0 Å². The maximum absolute atomic E-state index is 5.19. The van der Waals surface area contributed by atoms with E-state index in [1.807, 2.05) is 18.2 Å². The average molecular weight is 205 g/mol. The highest BCUT2D eigenvalue weighted by Crippen LogP contribution is 2.30. The Hall–Kier alpha value is -2.04. The summed E-state index contributed by atoms with van der Waals surface area (Å²) in [7, 11) is 3.21. The van der Waals surface area contributed by atoms with Gasteiger partial charge in [0.2, 0.25) is 0 Å². The molecular formula is C10H11N3O2. The van der Waals surface area contributed by atoms with Gasteiger partial charge in [0.05, 0.1) is 20.4 Å². The van der Waals surface area contributed by atoms with E-state index in [4.69, 9.17) is 9.47 Å². The van der Waals surface area contributed by atoms with Crippen LogP contribution in [-0.2, 0) is 0 Å². The minimum Gasteiger partial charge on any atom is -0.493 e. The minimum absolute atomic E-state index is 0.679. The number of benzene rings is 1. The summed E-state index contributed by atoms with van der Waals surface area (Å²) in [5.41, 5.74) is 1.71. The second kappa shape index (κ2) is 4.00. The fourth-order valence-corrected chi connectivity index (χ4v) is 1.34. The van der Waals surface area contributed by atoms with E-state index in [0.29, 0.717) is 11.5 Å². The van der Waals surface area contributed by atoms with Gasteiger partial charge >= 0.3 is 0 Å². The zero-order valence-corrected chi connectivity index (χ0v) is 8.52. The normalized spacial score (nSPS) is 10.0. The van der Waals surface area contributed by atoms with Crippen molar-refractivity contribution in [3.05, 3.63) is 24.4 Å². The molecule has 5 nitrogen and oxygen atoms in total. The van der Waals surface area contributed by atoms with Gasteiger partial charge in [-0.05, 0) is 18.2 Å². The lowest BCUT2D eigenvalue weighted by Crippen LogP contribution is -1.90. The van der Waals surface area contributed by atoms with Gasteiger partial charge in [-0.1, -0.05) is 0 Å². The third kappa shape index (κ3) is 1.76. The Balaban J connectivity index is 2.43. The number of rotatable bonds is 3. The molecule has 2 rings (SSSR count). The summed E-state index contributed by atoms with van der Waals surface area (Å²) in [6.45, 7) is 0. The molecule has 0 spiro atoms. The molecule has 78 valence electrons. The molecule has 5 heteroatoms. The average Bonchev–Trinajstić information content (AvgIpc) is 2.81. The SMILES string of the molecule is COc1ccc(-c2cn[nH]n2)cc1OC. The molecule has 0 radical (unpaired) electrons. The van der Waals surface area contributed by atoms with Crippen LogP contribution >= 0.6 is 0 Å². The fourth-order valence-electron chi connectivity index (χ4n) is 1.34. The third-order valence-electron chi connectivity index (χ3n) is 2.09. The van der Waals surface area contributed by atoms with E-state index in [2.05, 4.69) is 15.4 Å². The van der Waals surface area contributed by atoms with Crippen LogP contribution in [0.4, 0.5) is 0 Å². The van der Waals surface area contributed by atoms with Crippen LogP contribution in [0.2, 0.25) is 0 Å². The number of methoxy groups -OCH3 is 2. The van der Waals surface area contributed by atoms with E-state index in [-0.39, 0.29) is 0 Å². The fraction of sp³-hybridized carbons (Fsp3) is 0.200. The first-order valence-electron chi connectivity index (χ1n) is 4.43. The van der Waals surface area contributed by atoms with Gasteiger partial charge in [-0.2, -0.15) is 15.4 Å². The van der Waals surface area contributed by atoms with Gasteiger partial charge in [-0.15, -0.1) is 0 Å². The summed E-state index contributed by atoms with van der Waals surface area (Å²) >= 11 is 0. The van der Waals surface area contributed by atoms with Gasteiger partial charge in [-0.3, -0.25) is 0 Å². The van der Waals surface area contributed by atoms with Gasteiger partial charge in [0.25, 0.3) is 0 Å². The van der Waals surface area contributed by atoms with E-state index in [9.17, 15) is 0 Å². The standard InChI is InChI=1S/C10H11N3O2/c1-14-9-4-3-7(5-10(9)15-2)8-6-11-13-12-8/h3-6H,1-2H3,(H,11,12,13). The van der Waals surface area contributed by atoms with Crippen molar-refractivity contribution in [1.29, 1.82) is 0 Å². The Morgan fingerprint density at radius 2 is 1.93 bits per heavy atom. The number of aromatic nitrogens is 3. The second-order valence-electron chi connectivity index (χ2n) is 2.93. The molecule has 15 heavy (non-hydrogen) atoms. The molecule has 0 saturated heterocycles. The third-order valence-corrected chi connectivity index (χ3v) is 2.09. The number of ether oxygens (including phenoxy) is 2. The van der Waals surface area contributed by atoms with Crippen LogP contribution < -0.4 is 9.47 Å². The number of nitrogens with zero attached hydrogens (tertiary/aromatic N) is 2. The molecule has 0 atom stereocenters. The zero-order chi connectivity index (χ0) is 10.7. The van der Waals surface area contributed by atoms with Crippen LogP contribution in [0.5, 0.6) is 11.5 Å². The van der Waals surface area contributed by atoms with Gasteiger partial charge in [0.15, 0.2) is 11.5 Å². The second-order valence-corrected chi connectivity index (χ2v) is 2.93. The minimum atomic E-state index is 0.679. The maximum atomic E-state index is 5.19. The van der Waals surface area contributed by atoms with E-state index >= 15 is 0 Å². The highest BCUT2D eigenvalue weighted by atomic mass is 16.5. The monoisotopic (exact) mass is 205 g/mol. The Kier molecular flexibility index (Phi) is 2.53. The highest BCUT2D eigenvalue weighted by Gasteiger charge is 2.07. The molecule has 0 amide bonds. The van der Waals surface area contributed by atoms with E-state index in [1.165, 1.54) is 0 Å². The molecule has 0 saturated carbocycles. The number of nitrogens with one attached hydrogen (secondary N) is 1. The summed E-state index contributed by atoms with van der Waals surface area (Å²) in [5, 5.41) is 10.3. The summed E-state index contributed by atoms with van der Waals surface area (Å²) < 4.78 is 10.3. The molecule has 0 aliphatic rings. The van der Waals surface area contributed by atoms with Crippen molar-refractivity contribution < 1.29 is 9.47 Å². The maximum Gasteiger partial charge on any atom is 0.161 e. The largest absolute Gasteiger partial charge is 0.493 e. The van der Waals surface area contributed by atoms with Crippen molar-refractivity contribution >= 4 is 0 Å². The Morgan fingerprint density at radius 1 is 1.13 bits per heavy atom. The summed E-state index contributed by atoms with van der Waals surface area (Å²) in [6.07, 6.45) is 1.65. The lowest BCUT2D eigenvalue weighted by Gasteiger charge is -2.07. The molecule has 0 unspecified atom stereocenters. The van der Waals surface area contributed by atoms with Gasteiger partial charge < -0.3 is 9.47 Å². The predicted octanol–water partition coefficient (Wildman–Crippen LogP) is 1.49. The van der Waals surface area contributed by atoms with Crippen LogP contribution in [0, 0.1) is 0 Å². The molecule has 0 aliphatic heterocycles. The van der Waals surface area contributed by atoms with Gasteiger partial charge in [-0.25, -0.2) is 0 Å². The molecule has 0 aliphatic carbocycles. The first-order chi connectivity index (χ1) is 7.35. The van der Waals surface area contributed by atoms with Crippen molar-refractivity contribution in [3.63, 3.8) is 0 Å². The van der Waals surface area contributed by atoms with Crippen LogP contribution in [0.15, 0.2) is 24.4 Å². The quantitative estimate of drug-likeness (QED) is 0.824. The number of hydrogen-bond acceptors (Lipinski definition) is 4. The highest BCUT2D eigenvalue weighted by molar-refractivity contribution is 5.62. The van der Waals surface area contributed by atoms with Crippen LogP contribution in [-0.4, -0.2) is 29.6 Å². The van der Waals surface area contributed by atoms with Crippen LogP contribution in [0.25, 0.3) is 11.3 Å². The van der Waals surface area contributed by atoms with Crippen molar-refractivity contribution in [3.8, 4) is 22.8 Å². The Bertz CT molecular complexity index is 440. The summed E-state index contributed by atoms with van der Waals surface area (Å²) in [6, 6.07) is 5.60. The molecule has 1 heterocycles. The number of aromatic amines is 1. The van der Waals surface area contributed by atoms with E-state index in [0.717, 1.165) is 11.3 Å².